The first-order valence-corrected chi connectivity index (χ1v) is 6.78. The first kappa shape index (κ1) is 15.1. The molecule has 0 fully saturated rings. The van der Waals surface area contributed by atoms with Crippen LogP contribution in [-0.2, 0) is 0 Å². The monoisotopic (exact) mass is 355 g/mol. The molecule has 2 rings (SSSR count). The number of hydrogen-bond acceptors (Lipinski definition) is 6. The Morgan fingerprint density at radius 1 is 1.48 bits per heavy atom. The van der Waals surface area contributed by atoms with E-state index in [4.69, 9.17) is 0 Å². The third-order valence-electron chi connectivity index (χ3n) is 2.51. The molecule has 9 heteroatoms. The lowest BCUT2D eigenvalue weighted by molar-refractivity contribution is -0.384. The van der Waals surface area contributed by atoms with E-state index < -0.39 is 10.7 Å². The summed E-state index contributed by atoms with van der Waals surface area (Å²) < 4.78 is 14.2. The molecule has 0 saturated carbocycles. The Kier molecular flexibility index (Phi) is 4.63. The standard InChI is InChI=1S/C12H11BrFN5O2/c1-2-15-12-16-6-9(19(20)21)11(18-12)17-10-7(13)4-3-5-8(10)14/h3-6H,2H2,1H3,(H2,15,16,17,18). The minimum atomic E-state index is -0.632. The highest BCUT2D eigenvalue weighted by molar-refractivity contribution is 9.10. The Morgan fingerprint density at radius 2 is 2.24 bits per heavy atom. The topological polar surface area (TPSA) is 93.0 Å². The largest absolute Gasteiger partial charge is 0.354 e. The van der Waals surface area contributed by atoms with Crippen LogP contribution in [0.5, 0.6) is 0 Å². The van der Waals surface area contributed by atoms with Gasteiger partial charge < -0.3 is 10.6 Å². The van der Waals surface area contributed by atoms with Crippen molar-refractivity contribution in [2.45, 2.75) is 6.92 Å². The van der Waals surface area contributed by atoms with E-state index in [9.17, 15) is 14.5 Å². The Morgan fingerprint density at radius 3 is 2.86 bits per heavy atom. The number of benzene rings is 1. The lowest BCUT2D eigenvalue weighted by atomic mass is 10.3. The fraction of sp³-hybridized carbons (Fsp3) is 0.167. The summed E-state index contributed by atoms with van der Waals surface area (Å²) in [5, 5.41) is 16.5. The van der Waals surface area contributed by atoms with Crippen molar-refractivity contribution in [3.63, 3.8) is 0 Å². The molecule has 0 atom stereocenters. The van der Waals surface area contributed by atoms with Gasteiger partial charge in [-0.25, -0.2) is 9.37 Å². The van der Waals surface area contributed by atoms with Gasteiger partial charge in [-0.05, 0) is 35.0 Å². The normalized spacial score (nSPS) is 10.2. The van der Waals surface area contributed by atoms with Gasteiger partial charge >= 0.3 is 5.69 Å². The molecule has 0 aliphatic carbocycles. The molecule has 0 saturated heterocycles. The first-order valence-electron chi connectivity index (χ1n) is 5.99. The van der Waals surface area contributed by atoms with E-state index in [0.29, 0.717) is 11.0 Å². The summed E-state index contributed by atoms with van der Waals surface area (Å²) in [6.45, 7) is 2.39. The highest BCUT2D eigenvalue weighted by Gasteiger charge is 2.19. The van der Waals surface area contributed by atoms with Crippen molar-refractivity contribution in [2.75, 3.05) is 17.2 Å². The van der Waals surface area contributed by atoms with E-state index >= 15 is 0 Å². The van der Waals surface area contributed by atoms with Gasteiger partial charge in [-0.15, -0.1) is 0 Å². The minimum Gasteiger partial charge on any atom is -0.354 e. The first-order chi connectivity index (χ1) is 10.0. The van der Waals surface area contributed by atoms with Crippen LogP contribution < -0.4 is 10.6 Å². The molecule has 0 bridgehead atoms. The third-order valence-corrected chi connectivity index (χ3v) is 3.17. The Hall–Kier alpha value is -2.29. The smallest absolute Gasteiger partial charge is 0.329 e. The van der Waals surface area contributed by atoms with Crippen LogP contribution in [0.4, 0.5) is 27.5 Å². The molecule has 0 aliphatic heterocycles. The molecule has 2 aromatic rings. The molecule has 0 aliphatic rings. The van der Waals surface area contributed by atoms with Crippen LogP contribution >= 0.6 is 15.9 Å². The van der Waals surface area contributed by atoms with Crippen molar-refractivity contribution in [3.05, 3.63) is 44.8 Å². The SMILES string of the molecule is CCNc1ncc([N+](=O)[O-])c(Nc2c(F)cccc2Br)n1. The molecular formula is C12H11BrFN5O2. The molecule has 1 heterocycles. The van der Waals surface area contributed by atoms with Crippen LogP contribution in [-0.4, -0.2) is 21.4 Å². The summed E-state index contributed by atoms with van der Waals surface area (Å²) in [5.41, 5.74) is -0.270. The number of halogens is 2. The van der Waals surface area contributed by atoms with E-state index in [1.165, 1.54) is 12.1 Å². The number of hydrogen-bond donors (Lipinski definition) is 2. The van der Waals surface area contributed by atoms with Gasteiger partial charge in [0.05, 0.1) is 10.6 Å². The summed E-state index contributed by atoms with van der Waals surface area (Å²) in [6, 6.07) is 4.37. The van der Waals surface area contributed by atoms with Crippen molar-refractivity contribution < 1.29 is 9.31 Å². The van der Waals surface area contributed by atoms with E-state index in [2.05, 4.69) is 36.5 Å². The van der Waals surface area contributed by atoms with Gasteiger partial charge in [-0.2, -0.15) is 4.98 Å². The molecule has 2 N–H and O–H groups in total. The Bertz CT molecular complexity index is 662. The van der Waals surface area contributed by atoms with Crippen molar-refractivity contribution in [3.8, 4) is 0 Å². The lowest BCUT2D eigenvalue weighted by Gasteiger charge is -2.10. The summed E-state index contributed by atoms with van der Waals surface area (Å²) in [7, 11) is 0. The predicted octanol–water partition coefficient (Wildman–Crippen LogP) is 3.46. The van der Waals surface area contributed by atoms with Crippen LogP contribution in [0.3, 0.4) is 0 Å². The number of nitro groups is 1. The number of nitrogens with zero attached hydrogens (tertiary/aromatic N) is 3. The molecule has 0 spiro atoms. The van der Waals surface area contributed by atoms with Gasteiger partial charge in [0.2, 0.25) is 11.8 Å². The third kappa shape index (κ3) is 3.43. The maximum Gasteiger partial charge on any atom is 0.329 e. The number of nitrogens with one attached hydrogen (secondary N) is 2. The minimum absolute atomic E-state index is 0.0711. The van der Waals surface area contributed by atoms with Crippen molar-refractivity contribution in [1.82, 2.24) is 9.97 Å². The van der Waals surface area contributed by atoms with E-state index in [0.717, 1.165) is 6.20 Å². The van der Waals surface area contributed by atoms with Crippen LogP contribution in [0.1, 0.15) is 6.92 Å². The Labute approximate surface area is 127 Å². The fourth-order valence-corrected chi connectivity index (χ4v) is 2.02. The van der Waals surface area contributed by atoms with Gasteiger partial charge in [0, 0.05) is 11.0 Å². The summed E-state index contributed by atoms with van der Waals surface area (Å²) in [4.78, 5) is 18.2. The molecule has 1 aromatic carbocycles. The highest BCUT2D eigenvalue weighted by Crippen LogP contribution is 2.31. The average molecular weight is 356 g/mol. The second-order valence-corrected chi connectivity index (χ2v) is 4.79. The van der Waals surface area contributed by atoms with E-state index in [1.54, 1.807) is 6.07 Å². The Balaban J connectivity index is 2.46. The van der Waals surface area contributed by atoms with Crippen molar-refractivity contribution in [2.24, 2.45) is 0 Å². The highest BCUT2D eigenvalue weighted by atomic mass is 79.9. The quantitative estimate of drug-likeness (QED) is 0.630. The zero-order chi connectivity index (χ0) is 15.4. The van der Waals surface area contributed by atoms with Gasteiger partial charge in [-0.1, -0.05) is 6.07 Å². The zero-order valence-electron chi connectivity index (χ0n) is 10.9. The maximum absolute atomic E-state index is 13.8. The lowest BCUT2D eigenvalue weighted by Crippen LogP contribution is -2.07. The summed E-state index contributed by atoms with van der Waals surface area (Å²) in [6.07, 6.45) is 1.07. The molecule has 21 heavy (non-hydrogen) atoms. The second-order valence-electron chi connectivity index (χ2n) is 3.94. The molecule has 0 radical (unpaired) electrons. The number of rotatable bonds is 5. The van der Waals surface area contributed by atoms with Gasteiger partial charge in [0.1, 0.15) is 12.0 Å². The van der Waals surface area contributed by atoms with Crippen LogP contribution in [0.15, 0.2) is 28.9 Å². The molecular weight excluding hydrogens is 345 g/mol. The fourth-order valence-electron chi connectivity index (χ4n) is 1.58. The number of aromatic nitrogens is 2. The second kappa shape index (κ2) is 6.44. The zero-order valence-corrected chi connectivity index (χ0v) is 12.5. The van der Waals surface area contributed by atoms with Crippen molar-refractivity contribution >= 4 is 39.1 Å². The molecule has 0 unspecified atom stereocenters. The molecule has 7 nitrogen and oxygen atoms in total. The summed E-state index contributed by atoms with van der Waals surface area (Å²) >= 11 is 3.18. The van der Waals surface area contributed by atoms with Crippen molar-refractivity contribution in [1.29, 1.82) is 0 Å². The number of anilines is 3. The van der Waals surface area contributed by atoms with Gasteiger partial charge in [0.25, 0.3) is 0 Å². The summed E-state index contributed by atoms with van der Waals surface area (Å²) in [5.74, 6) is -0.419. The average Bonchev–Trinajstić information content (AvgIpc) is 2.43. The predicted molar refractivity (Wildman–Crippen MR) is 80.2 cm³/mol. The molecule has 110 valence electrons. The maximum atomic E-state index is 13.8. The number of para-hydroxylation sites is 1. The van der Waals surface area contributed by atoms with E-state index in [1.807, 2.05) is 6.92 Å². The molecule has 1 aromatic heterocycles. The molecule has 0 amide bonds. The van der Waals surface area contributed by atoms with Crippen LogP contribution in [0.2, 0.25) is 0 Å². The van der Waals surface area contributed by atoms with E-state index in [-0.39, 0.29) is 23.1 Å². The van der Waals surface area contributed by atoms with Crippen LogP contribution in [0, 0.1) is 15.9 Å². The van der Waals surface area contributed by atoms with Gasteiger partial charge in [0.15, 0.2) is 0 Å². The van der Waals surface area contributed by atoms with Crippen LogP contribution in [0.25, 0.3) is 0 Å². The van der Waals surface area contributed by atoms with Gasteiger partial charge in [-0.3, -0.25) is 10.1 Å².